The lowest BCUT2D eigenvalue weighted by Crippen LogP contribution is -2.35. The van der Waals surface area contributed by atoms with E-state index in [1.165, 1.54) is 4.68 Å². The average molecular weight is 663 g/mol. The molecule has 0 spiro atoms. The third kappa shape index (κ3) is 8.50. The zero-order chi connectivity index (χ0) is 31.8. The summed E-state index contributed by atoms with van der Waals surface area (Å²) in [6, 6.07) is 10.3. The number of fused-ring (bicyclic) bond motifs is 1. The number of nitrogens with zero attached hydrogens (tertiary/aromatic N) is 3. The largest absolute Gasteiger partial charge is 0.450 e. The van der Waals surface area contributed by atoms with E-state index in [0.717, 1.165) is 18.4 Å². The summed E-state index contributed by atoms with van der Waals surface area (Å²) in [5, 5.41) is 14.4. The molecule has 0 atom stereocenters. The summed E-state index contributed by atoms with van der Waals surface area (Å²) in [5.41, 5.74) is 2.44. The lowest BCUT2D eigenvalue weighted by Gasteiger charge is -2.10. The minimum absolute atomic E-state index is 0.0638. The van der Waals surface area contributed by atoms with Gasteiger partial charge in [0.2, 0.25) is 5.91 Å². The highest BCUT2D eigenvalue weighted by Gasteiger charge is 2.23. The van der Waals surface area contributed by atoms with Crippen LogP contribution in [0.15, 0.2) is 41.2 Å². The second-order valence-electron chi connectivity index (χ2n) is 10.4. The minimum Gasteiger partial charge on any atom is -0.450 e. The van der Waals surface area contributed by atoms with Crippen molar-refractivity contribution in [1.29, 1.82) is 0 Å². The van der Waals surface area contributed by atoms with Crippen LogP contribution in [0.25, 0.3) is 16.7 Å². The second kappa shape index (κ2) is 15.4. The van der Waals surface area contributed by atoms with Gasteiger partial charge in [-0.2, -0.15) is 5.10 Å². The Labute approximate surface area is 269 Å². The van der Waals surface area contributed by atoms with Crippen molar-refractivity contribution in [2.24, 2.45) is 0 Å². The van der Waals surface area contributed by atoms with Crippen LogP contribution in [0.3, 0.4) is 0 Å². The van der Waals surface area contributed by atoms with Gasteiger partial charge in [0.1, 0.15) is 16.9 Å². The van der Waals surface area contributed by atoms with Gasteiger partial charge in [0.05, 0.1) is 28.9 Å². The fraction of sp³-hybridized carbons (Fsp3) is 0.367. The number of hydrogen-bond acceptors (Lipinski definition) is 7. The summed E-state index contributed by atoms with van der Waals surface area (Å²) in [7, 11) is 0. The summed E-state index contributed by atoms with van der Waals surface area (Å²) in [5.74, 6) is 0.128. The maximum atomic E-state index is 13.3. The van der Waals surface area contributed by atoms with Crippen molar-refractivity contribution < 1.29 is 14.3 Å². The topological polar surface area (TPSA) is 143 Å². The van der Waals surface area contributed by atoms with E-state index in [2.05, 4.69) is 26.0 Å². The molecule has 0 fully saturated rings. The fourth-order valence-corrected chi connectivity index (χ4v) is 5.37. The predicted molar refractivity (Wildman–Crippen MR) is 174 cm³/mol. The first-order valence-electron chi connectivity index (χ1n) is 14.2. The van der Waals surface area contributed by atoms with Crippen molar-refractivity contribution in [3.63, 3.8) is 0 Å². The third-order valence-corrected chi connectivity index (χ3v) is 7.35. The van der Waals surface area contributed by atoms with Gasteiger partial charge in [-0.25, -0.2) is 14.5 Å². The normalized spacial score (nSPS) is 11.2. The van der Waals surface area contributed by atoms with E-state index in [9.17, 15) is 14.4 Å². The number of nitrogens with one attached hydrogen (secondary N) is 4. The van der Waals surface area contributed by atoms with Gasteiger partial charge in [-0.3, -0.25) is 9.59 Å². The summed E-state index contributed by atoms with van der Waals surface area (Å²) in [6.45, 7) is 7.11. The third-order valence-electron chi connectivity index (χ3n) is 6.55. The van der Waals surface area contributed by atoms with E-state index < -0.39 is 6.09 Å². The zero-order valence-corrected chi connectivity index (χ0v) is 26.9. The monoisotopic (exact) mass is 661 g/mol. The van der Waals surface area contributed by atoms with Gasteiger partial charge in [0.25, 0.3) is 5.56 Å². The number of hydrogen-bond donors (Lipinski definition) is 4. The molecule has 2 amide bonds. The number of amides is 2. The molecule has 2 heterocycles. The smallest absolute Gasteiger partial charge is 0.407 e. The van der Waals surface area contributed by atoms with Crippen LogP contribution in [-0.2, 0) is 16.0 Å². The van der Waals surface area contributed by atoms with Gasteiger partial charge in [-0.05, 0) is 42.2 Å². The molecule has 4 aromatic rings. The summed E-state index contributed by atoms with van der Waals surface area (Å²) in [4.78, 5) is 44.7. The number of H-pyrrole nitrogens is 1. The molecule has 4 N–H and O–H groups in total. The first-order valence-corrected chi connectivity index (χ1v) is 15.4. The Balaban J connectivity index is 1.41. The molecular weight excluding hydrogens is 629 g/mol. The Morgan fingerprint density at radius 2 is 1.77 bits per heavy atom. The molecule has 0 bridgehead atoms. The highest BCUT2D eigenvalue weighted by atomic mass is 35.5. The Morgan fingerprint density at radius 3 is 2.43 bits per heavy atom. The fourth-order valence-electron chi connectivity index (χ4n) is 4.40. The van der Waals surface area contributed by atoms with Crippen LogP contribution in [0.2, 0.25) is 15.1 Å². The number of aromatic nitrogens is 4. The van der Waals surface area contributed by atoms with Crippen LogP contribution >= 0.6 is 34.8 Å². The van der Waals surface area contributed by atoms with Gasteiger partial charge in [0, 0.05) is 30.2 Å². The number of ether oxygens (including phenoxy) is 1. The summed E-state index contributed by atoms with van der Waals surface area (Å²) < 4.78 is 6.50. The zero-order valence-electron chi connectivity index (χ0n) is 24.6. The summed E-state index contributed by atoms with van der Waals surface area (Å²) >= 11 is 19.1. The lowest BCUT2D eigenvalue weighted by molar-refractivity contribution is -0.115. The quantitative estimate of drug-likeness (QED) is 0.132. The van der Waals surface area contributed by atoms with E-state index in [0.29, 0.717) is 65.1 Å². The molecule has 14 heteroatoms. The number of aromatic amines is 1. The number of anilines is 1. The van der Waals surface area contributed by atoms with Crippen LogP contribution in [0.1, 0.15) is 56.6 Å². The first kappa shape index (κ1) is 33.3. The molecule has 0 aliphatic carbocycles. The molecule has 0 aliphatic rings. The molecule has 4 rings (SSSR count). The van der Waals surface area contributed by atoms with Crippen molar-refractivity contribution in [1.82, 2.24) is 30.4 Å². The number of unbranched alkanes of at least 4 members (excludes halogenated alkanes) is 1. The van der Waals surface area contributed by atoms with Crippen LogP contribution < -0.4 is 21.5 Å². The Bertz CT molecular complexity index is 1660. The average Bonchev–Trinajstić information content (AvgIpc) is 3.33. The van der Waals surface area contributed by atoms with Crippen LogP contribution in [0.5, 0.6) is 0 Å². The Hall–Kier alpha value is -3.64. The van der Waals surface area contributed by atoms with Crippen molar-refractivity contribution in [2.75, 3.05) is 31.6 Å². The highest BCUT2D eigenvalue weighted by molar-refractivity contribution is 6.40. The molecule has 0 saturated heterocycles. The Kier molecular flexibility index (Phi) is 11.6. The minimum atomic E-state index is -0.467. The number of carbonyl (C=O) groups excluding carboxylic acids is 2. The van der Waals surface area contributed by atoms with Gasteiger partial charge in [0.15, 0.2) is 5.65 Å². The number of halogens is 3. The van der Waals surface area contributed by atoms with E-state index in [1.54, 1.807) is 24.3 Å². The summed E-state index contributed by atoms with van der Waals surface area (Å²) in [6.07, 6.45) is 1.62. The van der Waals surface area contributed by atoms with Gasteiger partial charge in [-0.15, -0.1) is 0 Å². The highest BCUT2D eigenvalue weighted by Crippen LogP contribution is 2.34. The van der Waals surface area contributed by atoms with E-state index in [-0.39, 0.29) is 34.0 Å². The molecular formula is C30H34Cl3N7O4. The first-order chi connectivity index (χ1) is 21.1. The van der Waals surface area contributed by atoms with Crippen molar-refractivity contribution in [3.05, 3.63) is 78.9 Å². The van der Waals surface area contributed by atoms with E-state index in [4.69, 9.17) is 44.5 Å². The van der Waals surface area contributed by atoms with Crippen molar-refractivity contribution in [2.45, 2.75) is 46.0 Å². The maximum Gasteiger partial charge on any atom is 0.407 e. The SMILES string of the molecule is CCCCOC(=O)NCCNCC(=O)Nc1ccc(Cc2nc3c(c(C(C)C)nn3-c3c(Cl)cc(Cl)cc3Cl)c(=O)[nH]2)cc1. The molecule has 44 heavy (non-hydrogen) atoms. The van der Waals surface area contributed by atoms with Gasteiger partial charge >= 0.3 is 6.09 Å². The van der Waals surface area contributed by atoms with Crippen molar-refractivity contribution in [3.8, 4) is 5.69 Å². The molecule has 2 aromatic carbocycles. The molecule has 0 radical (unpaired) electrons. The lowest BCUT2D eigenvalue weighted by atomic mass is 10.1. The molecule has 11 nitrogen and oxygen atoms in total. The molecule has 234 valence electrons. The number of carbonyl (C=O) groups is 2. The number of rotatable bonds is 13. The van der Waals surface area contributed by atoms with Crippen LogP contribution in [0.4, 0.5) is 10.5 Å². The van der Waals surface area contributed by atoms with Crippen molar-refractivity contribution >= 4 is 63.5 Å². The number of benzene rings is 2. The van der Waals surface area contributed by atoms with Crippen LogP contribution in [-0.4, -0.2) is 58.0 Å². The molecule has 2 aromatic heterocycles. The van der Waals surface area contributed by atoms with Crippen LogP contribution in [0, 0.1) is 0 Å². The van der Waals surface area contributed by atoms with E-state index in [1.807, 2.05) is 32.9 Å². The molecule has 0 aliphatic heterocycles. The molecule has 0 saturated carbocycles. The second-order valence-corrected chi connectivity index (χ2v) is 11.6. The standard InChI is InChI=1S/C30H34Cl3N7O4/c1-4-5-12-44-30(43)35-11-10-34-16-24(41)36-20-8-6-18(7-9-20)13-23-37-28-25(29(42)38-23)26(17(2)3)39-40(28)27-21(32)14-19(31)15-22(27)33/h6-9,14-15,17,34H,4-5,10-13,16H2,1-3H3,(H,35,43)(H,36,41)(H,37,38,42). The van der Waals surface area contributed by atoms with E-state index >= 15 is 0 Å². The molecule has 0 unspecified atom stereocenters. The maximum absolute atomic E-state index is 13.3. The van der Waals surface area contributed by atoms with Gasteiger partial charge < -0.3 is 25.7 Å². The van der Waals surface area contributed by atoms with Gasteiger partial charge in [-0.1, -0.05) is 74.1 Å². The number of alkyl carbamates (subject to hydrolysis) is 1. The predicted octanol–water partition coefficient (Wildman–Crippen LogP) is 5.84. The Morgan fingerprint density at radius 1 is 1.07 bits per heavy atom.